The van der Waals surface area contributed by atoms with E-state index in [-0.39, 0.29) is 11.0 Å². The van der Waals surface area contributed by atoms with Gasteiger partial charge in [0.05, 0.1) is 17.0 Å². The molecule has 246 valence electrons. The molecule has 1 heterocycles. The maximum Gasteiger partial charge on any atom is 0.0991 e. The Labute approximate surface area is 300 Å². The number of nitriles is 1. The number of anilines is 2. The molecule has 2 aliphatic carbocycles. The number of rotatable bonds is 3. The molecule has 7 aromatic carbocycles. The molecule has 1 aliphatic heterocycles. The normalized spacial score (nSPS) is 21.4. The second kappa shape index (κ2) is 10.9. The molecule has 0 bridgehead atoms. The molecule has 7 aromatic rings. The van der Waals surface area contributed by atoms with Crippen LogP contribution in [-0.2, 0) is 11.8 Å². The van der Waals surface area contributed by atoms with Gasteiger partial charge in [-0.2, -0.15) is 5.26 Å². The Bertz CT molecular complexity index is 2520. The zero-order valence-corrected chi connectivity index (χ0v) is 29.3. The van der Waals surface area contributed by atoms with Gasteiger partial charge in [0.15, 0.2) is 0 Å². The van der Waals surface area contributed by atoms with Crippen LogP contribution >= 0.6 is 0 Å². The quantitative estimate of drug-likeness (QED) is 0.177. The Kier molecular flexibility index (Phi) is 6.47. The highest BCUT2D eigenvalue weighted by Gasteiger charge is 2.54. The lowest BCUT2D eigenvalue weighted by atomic mass is 9.57. The van der Waals surface area contributed by atoms with E-state index in [1.54, 1.807) is 0 Å². The lowest BCUT2D eigenvalue weighted by Gasteiger charge is -2.60. The predicted molar refractivity (Wildman–Crippen MR) is 211 cm³/mol. The fraction of sp³-hybridized carbons (Fsp3) is 0.204. The first-order chi connectivity index (χ1) is 25.0. The average Bonchev–Trinajstić information content (AvgIpc) is 3.48. The summed E-state index contributed by atoms with van der Waals surface area (Å²) in [5.41, 5.74) is 11.9. The molecular formula is C49H40N2. The topological polar surface area (TPSA) is 27.0 Å². The van der Waals surface area contributed by atoms with Gasteiger partial charge in [-0.15, -0.1) is 0 Å². The number of benzene rings is 7. The van der Waals surface area contributed by atoms with E-state index in [9.17, 15) is 5.26 Å². The van der Waals surface area contributed by atoms with Crippen molar-refractivity contribution in [3.8, 4) is 17.2 Å². The molecule has 2 unspecified atom stereocenters. The highest BCUT2D eigenvalue weighted by atomic mass is 15.2. The van der Waals surface area contributed by atoms with Gasteiger partial charge < -0.3 is 4.90 Å². The zero-order chi connectivity index (χ0) is 34.4. The molecule has 0 saturated heterocycles. The van der Waals surface area contributed by atoms with Gasteiger partial charge >= 0.3 is 0 Å². The molecule has 0 spiro atoms. The van der Waals surface area contributed by atoms with Crippen LogP contribution in [0.1, 0.15) is 72.9 Å². The standard InChI is InChI=1S/C49H40N2/c1-47-27-11-12-28-48(47,2)51(45-26-19-33(32-50)29-35(45)31-47)38-21-23-42-44(30-38)49(36-14-5-3-6-15-36,37-16-7-4-8-17-37)43-25-24-40-39-18-10-9-13-34(39)20-22-41(40)46(42)43/h3-10,13-26,29-30H,11-12,27-28,31H2,1-2H3. The first kappa shape index (κ1) is 30.2. The van der Waals surface area contributed by atoms with Crippen LogP contribution in [0.5, 0.6) is 0 Å². The van der Waals surface area contributed by atoms with Crippen LogP contribution in [0.25, 0.3) is 32.7 Å². The highest BCUT2D eigenvalue weighted by Crippen LogP contribution is 2.61. The number of fused-ring (bicyclic) bond motifs is 9. The van der Waals surface area contributed by atoms with E-state index in [0.717, 1.165) is 18.4 Å². The van der Waals surface area contributed by atoms with Crippen LogP contribution in [0.15, 0.2) is 146 Å². The number of hydrogen-bond donors (Lipinski definition) is 0. The molecule has 2 heteroatoms. The summed E-state index contributed by atoms with van der Waals surface area (Å²) in [7, 11) is 0. The molecule has 0 N–H and O–H groups in total. The van der Waals surface area contributed by atoms with Gasteiger partial charge in [-0.25, -0.2) is 0 Å². The van der Waals surface area contributed by atoms with E-state index in [4.69, 9.17) is 0 Å². The van der Waals surface area contributed by atoms with Crippen molar-refractivity contribution >= 4 is 32.9 Å². The van der Waals surface area contributed by atoms with E-state index in [1.807, 2.05) is 6.07 Å². The van der Waals surface area contributed by atoms with E-state index in [0.29, 0.717) is 0 Å². The van der Waals surface area contributed by atoms with Crippen LogP contribution < -0.4 is 4.90 Å². The van der Waals surface area contributed by atoms with Crippen molar-refractivity contribution in [2.45, 2.75) is 56.9 Å². The Morgan fingerprint density at radius 2 is 1.31 bits per heavy atom. The molecule has 51 heavy (non-hydrogen) atoms. The van der Waals surface area contributed by atoms with E-state index >= 15 is 0 Å². The van der Waals surface area contributed by atoms with Crippen molar-refractivity contribution < 1.29 is 0 Å². The molecule has 0 radical (unpaired) electrons. The van der Waals surface area contributed by atoms with Gasteiger partial charge in [-0.05, 0) is 122 Å². The fourth-order valence-corrected chi connectivity index (χ4v) is 10.5. The molecule has 2 atom stereocenters. The molecular weight excluding hydrogens is 617 g/mol. The van der Waals surface area contributed by atoms with Gasteiger partial charge in [-0.1, -0.05) is 135 Å². The average molecular weight is 657 g/mol. The summed E-state index contributed by atoms with van der Waals surface area (Å²) in [6.07, 6.45) is 5.80. The highest BCUT2D eigenvalue weighted by molar-refractivity contribution is 6.14. The molecule has 2 nitrogen and oxygen atoms in total. The van der Waals surface area contributed by atoms with Crippen molar-refractivity contribution in [2.75, 3.05) is 4.90 Å². The van der Waals surface area contributed by atoms with Crippen LogP contribution in [-0.4, -0.2) is 5.54 Å². The second-order valence-corrected chi connectivity index (χ2v) is 15.6. The Hall–Kier alpha value is -5.65. The summed E-state index contributed by atoms with van der Waals surface area (Å²) in [6, 6.07) is 56.7. The van der Waals surface area contributed by atoms with Crippen molar-refractivity contribution in [3.63, 3.8) is 0 Å². The first-order valence-corrected chi connectivity index (χ1v) is 18.5. The molecule has 1 fully saturated rings. The SMILES string of the molecule is CC12CCCCC1(C)N(c1ccc3c(c1)C(c1ccccc1)(c1ccccc1)c1ccc4c(ccc5ccccc54)c1-3)c1ccc(C#N)cc1C2. The zero-order valence-electron chi connectivity index (χ0n) is 29.3. The Balaban J connectivity index is 1.31. The smallest absolute Gasteiger partial charge is 0.0991 e. The van der Waals surface area contributed by atoms with Crippen molar-refractivity contribution in [2.24, 2.45) is 5.41 Å². The fourth-order valence-electron chi connectivity index (χ4n) is 10.5. The predicted octanol–water partition coefficient (Wildman–Crippen LogP) is 12.3. The summed E-state index contributed by atoms with van der Waals surface area (Å²) in [6.45, 7) is 5.01. The van der Waals surface area contributed by atoms with Gasteiger partial charge in [0.2, 0.25) is 0 Å². The third kappa shape index (κ3) is 4.04. The summed E-state index contributed by atoms with van der Waals surface area (Å²) >= 11 is 0. The van der Waals surface area contributed by atoms with Gasteiger partial charge in [0.1, 0.15) is 0 Å². The maximum atomic E-state index is 9.91. The van der Waals surface area contributed by atoms with Gasteiger partial charge in [0.25, 0.3) is 0 Å². The summed E-state index contributed by atoms with van der Waals surface area (Å²) < 4.78 is 0. The lowest BCUT2D eigenvalue weighted by molar-refractivity contribution is 0.0862. The second-order valence-electron chi connectivity index (χ2n) is 15.6. The largest absolute Gasteiger partial charge is 0.335 e. The number of nitrogens with zero attached hydrogens (tertiary/aromatic N) is 2. The van der Waals surface area contributed by atoms with Crippen LogP contribution in [0.4, 0.5) is 11.4 Å². The van der Waals surface area contributed by atoms with Gasteiger partial charge in [-0.3, -0.25) is 0 Å². The molecule has 0 amide bonds. The lowest BCUT2D eigenvalue weighted by Crippen LogP contribution is -2.60. The monoisotopic (exact) mass is 656 g/mol. The minimum atomic E-state index is -0.511. The van der Waals surface area contributed by atoms with Crippen LogP contribution in [0.3, 0.4) is 0 Å². The third-order valence-corrected chi connectivity index (χ3v) is 13.1. The van der Waals surface area contributed by atoms with Crippen molar-refractivity contribution in [1.29, 1.82) is 5.26 Å². The minimum Gasteiger partial charge on any atom is -0.335 e. The molecule has 1 saturated carbocycles. The number of hydrogen-bond acceptors (Lipinski definition) is 2. The summed E-state index contributed by atoms with van der Waals surface area (Å²) in [5.74, 6) is 0. The first-order valence-electron chi connectivity index (χ1n) is 18.5. The van der Waals surface area contributed by atoms with Gasteiger partial charge in [0, 0.05) is 16.9 Å². The third-order valence-electron chi connectivity index (χ3n) is 13.1. The Morgan fingerprint density at radius 3 is 2.08 bits per heavy atom. The summed E-state index contributed by atoms with van der Waals surface area (Å²) in [4.78, 5) is 2.68. The van der Waals surface area contributed by atoms with Crippen molar-refractivity contribution in [3.05, 3.63) is 179 Å². The van der Waals surface area contributed by atoms with E-state index in [1.165, 1.54) is 91.1 Å². The van der Waals surface area contributed by atoms with Crippen LogP contribution in [0.2, 0.25) is 0 Å². The Morgan fingerprint density at radius 1 is 0.608 bits per heavy atom. The molecule has 10 rings (SSSR count). The summed E-state index contributed by atoms with van der Waals surface area (Å²) in [5, 5.41) is 15.1. The maximum absolute atomic E-state index is 9.91. The molecule has 3 aliphatic rings. The minimum absolute atomic E-state index is 0.0696. The van der Waals surface area contributed by atoms with E-state index < -0.39 is 5.41 Å². The van der Waals surface area contributed by atoms with E-state index in [2.05, 4.69) is 164 Å². The molecule has 0 aromatic heterocycles. The van der Waals surface area contributed by atoms with Crippen LogP contribution in [0, 0.1) is 16.7 Å². The van der Waals surface area contributed by atoms with Crippen molar-refractivity contribution in [1.82, 2.24) is 0 Å².